The van der Waals surface area contributed by atoms with Crippen LogP contribution >= 0.6 is 0 Å². The molecule has 0 unspecified atom stereocenters. The van der Waals surface area contributed by atoms with Crippen molar-refractivity contribution < 1.29 is 14.6 Å². The third kappa shape index (κ3) is 1.76. The number of aromatic hydroxyl groups is 1. The van der Waals surface area contributed by atoms with Crippen molar-refractivity contribution in [3.05, 3.63) is 29.7 Å². The molecule has 1 aliphatic heterocycles. The molecule has 1 saturated heterocycles. The van der Waals surface area contributed by atoms with E-state index < -0.39 is 11.6 Å². The molecule has 0 bridgehead atoms. The lowest BCUT2D eigenvalue weighted by Crippen LogP contribution is -2.39. The molecule has 6 heteroatoms. The highest BCUT2D eigenvalue weighted by Gasteiger charge is 2.39. The predicted octanol–water partition coefficient (Wildman–Crippen LogP) is 1.60. The van der Waals surface area contributed by atoms with Crippen molar-refractivity contribution in [2.24, 2.45) is 0 Å². The van der Waals surface area contributed by atoms with Crippen LogP contribution in [0.1, 0.15) is 18.3 Å². The van der Waals surface area contributed by atoms with E-state index >= 15 is 0 Å². The third-order valence-corrected chi connectivity index (χ3v) is 3.37. The van der Waals surface area contributed by atoms with Crippen LogP contribution < -0.4 is 5.32 Å². The molecule has 2 N–H and O–H groups in total. The van der Waals surface area contributed by atoms with E-state index in [1.165, 1.54) is 0 Å². The molecule has 6 nitrogen and oxygen atoms in total. The minimum Gasteiger partial charge on any atom is -0.508 e. The van der Waals surface area contributed by atoms with Crippen LogP contribution in [0.2, 0.25) is 0 Å². The fourth-order valence-corrected chi connectivity index (χ4v) is 2.13. The summed E-state index contributed by atoms with van der Waals surface area (Å²) >= 11 is 0. The minimum absolute atomic E-state index is 0.203. The standard InChI is InChI=1S/C13H13N3O3/c1-7-8-5-14-11(13(2)6-19-12(18)16-13)15-9(8)3-4-10(7)17/h3-5,17H,6H2,1-2H3,(H,16,18)/t13-/m0/s1. The van der Waals surface area contributed by atoms with Gasteiger partial charge in [-0.05, 0) is 26.0 Å². The number of nitrogens with zero attached hydrogens (tertiary/aromatic N) is 2. The number of rotatable bonds is 1. The fourth-order valence-electron chi connectivity index (χ4n) is 2.13. The Balaban J connectivity index is 2.13. The van der Waals surface area contributed by atoms with Crippen molar-refractivity contribution in [2.75, 3.05) is 6.61 Å². The Morgan fingerprint density at radius 1 is 1.47 bits per heavy atom. The number of cyclic esters (lactones) is 1. The normalized spacial score (nSPS) is 22.3. The van der Waals surface area contributed by atoms with E-state index in [1.54, 1.807) is 18.3 Å². The summed E-state index contributed by atoms with van der Waals surface area (Å²) in [5.41, 5.74) is 0.750. The Labute approximate surface area is 109 Å². The Kier molecular flexibility index (Phi) is 2.35. The average molecular weight is 259 g/mol. The number of ether oxygens (including phenoxy) is 1. The molecule has 19 heavy (non-hydrogen) atoms. The SMILES string of the molecule is Cc1c(O)ccc2nc([C@]3(C)COC(=O)N3)ncc12. The monoisotopic (exact) mass is 259 g/mol. The van der Waals surface area contributed by atoms with Crippen LogP contribution in [0.25, 0.3) is 10.9 Å². The Bertz CT molecular complexity index is 686. The number of hydrogen-bond acceptors (Lipinski definition) is 5. The van der Waals surface area contributed by atoms with E-state index in [1.807, 2.05) is 13.8 Å². The van der Waals surface area contributed by atoms with Gasteiger partial charge in [-0.25, -0.2) is 14.8 Å². The molecule has 3 rings (SSSR count). The number of fused-ring (bicyclic) bond motifs is 1. The summed E-state index contributed by atoms with van der Waals surface area (Å²) in [5.74, 6) is 0.712. The fraction of sp³-hybridized carbons (Fsp3) is 0.308. The maximum atomic E-state index is 11.2. The van der Waals surface area contributed by atoms with Gasteiger partial charge in [0.1, 0.15) is 17.9 Å². The highest BCUT2D eigenvalue weighted by Crippen LogP contribution is 2.27. The van der Waals surface area contributed by atoms with Gasteiger partial charge in [0, 0.05) is 17.1 Å². The average Bonchev–Trinajstić information content (AvgIpc) is 2.75. The number of phenols is 1. The van der Waals surface area contributed by atoms with Crippen LogP contribution in [0.4, 0.5) is 4.79 Å². The number of hydrogen-bond donors (Lipinski definition) is 2. The zero-order chi connectivity index (χ0) is 13.6. The van der Waals surface area contributed by atoms with E-state index in [9.17, 15) is 9.90 Å². The molecule has 1 amide bonds. The van der Waals surface area contributed by atoms with E-state index in [2.05, 4.69) is 15.3 Å². The molecule has 0 saturated carbocycles. The van der Waals surface area contributed by atoms with Crippen molar-refractivity contribution in [3.63, 3.8) is 0 Å². The molecule has 0 radical (unpaired) electrons. The number of carbonyl (C=O) groups is 1. The van der Waals surface area contributed by atoms with Crippen LogP contribution in [0.5, 0.6) is 5.75 Å². The lowest BCUT2D eigenvalue weighted by molar-refractivity contribution is 0.172. The highest BCUT2D eigenvalue weighted by atomic mass is 16.6. The van der Waals surface area contributed by atoms with Crippen molar-refractivity contribution in [2.45, 2.75) is 19.4 Å². The van der Waals surface area contributed by atoms with Gasteiger partial charge in [-0.3, -0.25) is 0 Å². The van der Waals surface area contributed by atoms with Crippen LogP contribution in [0.3, 0.4) is 0 Å². The molecular formula is C13H13N3O3. The van der Waals surface area contributed by atoms with Gasteiger partial charge in [0.05, 0.1) is 5.52 Å². The van der Waals surface area contributed by atoms with Gasteiger partial charge in [0.15, 0.2) is 5.82 Å². The first kappa shape index (κ1) is 11.7. The van der Waals surface area contributed by atoms with Crippen molar-refractivity contribution in [1.82, 2.24) is 15.3 Å². The summed E-state index contributed by atoms with van der Waals surface area (Å²) < 4.78 is 4.91. The van der Waals surface area contributed by atoms with Crippen LogP contribution in [-0.4, -0.2) is 27.8 Å². The molecule has 0 aliphatic carbocycles. The second-order valence-corrected chi connectivity index (χ2v) is 4.87. The Morgan fingerprint density at radius 2 is 2.26 bits per heavy atom. The first-order valence-corrected chi connectivity index (χ1v) is 5.90. The Morgan fingerprint density at radius 3 is 2.95 bits per heavy atom. The number of benzene rings is 1. The zero-order valence-electron chi connectivity index (χ0n) is 10.6. The number of phenolic OH excluding ortho intramolecular Hbond substituents is 1. The Hall–Kier alpha value is -2.37. The molecule has 1 aliphatic rings. The van der Waals surface area contributed by atoms with Gasteiger partial charge < -0.3 is 15.2 Å². The lowest BCUT2D eigenvalue weighted by atomic mass is 10.0. The van der Waals surface area contributed by atoms with Gasteiger partial charge in [-0.2, -0.15) is 0 Å². The highest BCUT2D eigenvalue weighted by molar-refractivity contribution is 5.83. The predicted molar refractivity (Wildman–Crippen MR) is 67.8 cm³/mol. The summed E-state index contributed by atoms with van der Waals surface area (Å²) in [7, 11) is 0. The van der Waals surface area contributed by atoms with Crippen molar-refractivity contribution in [1.29, 1.82) is 0 Å². The van der Waals surface area contributed by atoms with Crippen LogP contribution in [0.15, 0.2) is 18.3 Å². The van der Waals surface area contributed by atoms with Gasteiger partial charge in [0.2, 0.25) is 0 Å². The third-order valence-electron chi connectivity index (χ3n) is 3.37. The maximum Gasteiger partial charge on any atom is 0.408 e. The van der Waals surface area contributed by atoms with E-state index in [-0.39, 0.29) is 12.4 Å². The summed E-state index contributed by atoms with van der Waals surface area (Å²) in [6, 6.07) is 3.32. The summed E-state index contributed by atoms with van der Waals surface area (Å²) in [6.45, 7) is 3.82. The second-order valence-electron chi connectivity index (χ2n) is 4.87. The van der Waals surface area contributed by atoms with E-state index in [4.69, 9.17) is 4.74 Å². The molecule has 1 fully saturated rings. The first-order valence-electron chi connectivity index (χ1n) is 5.90. The van der Waals surface area contributed by atoms with Gasteiger partial charge in [-0.1, -0.05) is 0 Å². The molecule has 2 heterocycles. The summed E-state index contributed by atoms with van der Waals surface area (Å²) in [4.78, 5) is 19.9. The van der Waals surface area contributed by atoms with Crippen LogP contribution in [-0.2, 0) is 10.3 Å². The number of amides is 1. The molecule has 1 aromatic carbocycles. The van der Waals surface area contributed by atoms with Crippen molar-refractivity contribution >= 4 is 17.0 Å². The summed E-state index contributed by atoms with van der Waals surface area (Å²) in [5, 5.41) is 13.1. The number of aryl methyl sites for hydroxylation is 1. The first-order chi connectivity index (χ1) is 8.99. The topological polar surface area (TPSA) is 84.3 Å². The smallest absolute Gasteiger partial charge is 0.408 e. The maximum absolute atomic E-state index is 11.2. The quantitative estimate of drug-likeness (QED) is 0.812. The van der Waals surface area contributed by atoms with Gasteiger partial charge >= 0.3 is 6.09 Å². The van der Waals surface area contributed by atoms with Gasteiger partial charge in [0.25, 0.3) is 0 Å². The summed E-state index contributed by atoms with van der Waals surface area (Å²) in [6.07, 6.45) is 1.19. The van der Waals surface area contributed by atoms with Crippen molar-refractivity contribution in [3.8, 4) is 5.75 Å². The van der Waals surface area contributed by atoms with Gasteiger partial charge in [-0.15, -0.1) is 0 Å². The molecule has 1 atom stereocenters. The largest absolute Gasteiger partial charge is 0.508 e. The molecule has 1 aromatic heterocycles. The minimum atomic E-state index is -0.711. The van der Waals surface area contributed by atoms with Crippen LogP contribution in [0, 0.1) is 6.92 Å². The number of carbonyl (C=O) groups excluding carboxylic acids is 1. The molecule has 98 valence electrons. The lowest BCUT2D eigenvalue weighted by Gasteiger charge is -2.19. The van der Waals surface area contributed by atoms with E-state index in [0.29, 0.717) is 5.82 Å². The number of alkyl carbamates (subject to hydrolysis) is 1. The molecule has 0 spiro atoms. The second kappa shape index (κ2) is 3.81. The molecular weight excluding hydrogens is 246 g/mol. The molecule has 2 aromatic rings. The number of nitrogens with one attached hydrogen (secondary N) is 1. The zero-order valence-corrected chi connectivity index (χ0v) is 10.6. The number of aromatic nitrogens is 2. The van der Waals surface area contributed by atoms with E-state index in [0.717, 1.165) is 16.5 Å².